The van der Waals surface area contributed by atoms with Crippen LogP contribution in [0.15, 0.2) is 60.6 Å². The van der Waals surface area contributed by atoms with E-state index in [2.05, 4.69) is 15.4 Å². The van der Waals surface area contributed by atoms with Gasteiger partial charge in [-0.05, 0) is 30.3 Å². The Morgan fingerprint density at radius 3 is 2.69 bits per heavy atom. The van der Waals surface area contributed by atoms with Crippen LogP contribution in [0.25, 0.3) is 17.3 Å². The van der Waals surface area contributed by atoms with Gasteiger partial charge in [-0.25, -0.2) is 0 Å². The standard InChI is InChI=1S/C19H14ClN5O/c1-25-12-15(18(24-25)13-6-8-22-9-7-13)10-14(11-21)19(26)23-17-5-3-2-4-16(17)20/h2-10,12H,1H3,(H,23,26). The summed E-state index contributed by atoms with van der Waals surface area (Å²) in [5.41, 5.74) is 2.56. The minimum absolute atomic E-state index is 0.0479. The van der Waals surface area contributed by atoms with Crippen LogP contribution in [0.1, 0.15) is 5.56 Å². The van der Waals surface area contributed by atoms with Crippen molar-refractivity contribution >= 4 is 29.3 Å². The predicted molar refractivity (Wildman–Crippen MR) is 100 cm³/mol. The number of nitrogens with one attached hydrogen (secondary N) is 1. The number of amides is 1. The van der Waals surface area contributed by atoms with Crippen molar-refractivity contribution in [1.29, 1.82) is 5.26 Å². The molecule has 0 bridgehead atoms. The number of aryl methyl sites for hydroxylation is 1. The molecule has 0 fully saturated rings. The molecule has 1 N–H and O–H groups in total. The smallest absolute Gasteiger partial charge is 0.266 e. The van der Waals surface area contributed by atoms with Gasteiger partial charge in [0.1, 0.15) is 11.6 Å². The third-order valence-corrected chi connectivity index (χ3v) is 3.93. The van der Waals surface area contributed by atoms with Gasteiger partial charge >= 0.3 is 0 Å². The summed E-state index contributed by atoms with van der Waals surface area (Å²) in [4.78, 5) is 16.4. The van der Waals surface area contributed by atoms with E-state index < -0.39 is 5.91 Å². The summed E-state index contributed by atoms with van der Waals surface area (Å²) in [7, 11) is 1.78. The largest absolute Gasteiger partial charge is 0.320 e. The number of anilines is 1. The minimum Gasteiger partial charge on any atom is -0.320 e. The van der Waals surface area contributed by atoms with Gasteiger partial charge in [-0.3, -0.25) is 14.5 Å². The molecule has 2 heterocycles. The van der Waals surface area contributed by atoms with Crippen LogP contribution in [0.2, 0.25) is 5.02 Å². The summed E-state index contributed by atoms with van der Waals surface area (Å²) in [5.74, 6) is -0.537. The maximum Gasteiger partial charge on any atom is 0.266 e. The third kappa shape index (κ3) is 3.79. The molecule has 6 nitrogen and oxygen atoms in total. The first-order valence-corrected chi connectivity index (χ1v) is 8.08. The monoisotopic (exact) mass is 363 g/mol. The molecule has 0 saturated carbocycles. The lowest BCUT2D eigenvalue weighted by molar-refractivity contribution is -0.112. The Kier molecular flexibility index (Phi) is 5.11. The zero-order valence-electron chi connectivity index (χ0n) is 13.8. The average Bonchev–Trinajstić information content (AvgIpc) is 3.02. The van der Waals surface area contributed by atoms with Crippen molar-refractivity contribution in [2.45, 2.75) is 0 Å². The molecule has 0 aliphatic heterocycles. The molecular formula is C19H14ClN5O. The topological polar surface area (TPSA) is 83.6 Å². The van der Waals surface area contributed by atoms with E-state index in [9.17, 15) is 10.1 Å². The summed E-state index contributed by atoms with van der Waals surface area (Å²) in [5, 5.41) is 16.9. The Morgan fingerprint density at radius 1 is 1.27 bits per heavy atom. The number of para-hydroxylation sites is 1. The van der Waals surface area contributed by atoms with Gasteiger partial charge in [0.25, 0.3) is 5.91 Å². The number of hydrogen-bond acceptors (Lipinski definition) is 4. The van der Waals surface area contributed by atoms with E-state index in [0.717, 1.165) is 5.56 Å². The molecule has 0 aliphatic carbocycles. The molecule has 3 aromatic rings. The highest BCUT2D eigenvalue weighted by Gasteiger charge is 2.14. The summed E-state index contributed by atoms with van der Waals surface area (Å²) < 4.78 is 1.63. The second-order valence-corrected chi connectivity index (χ2v) is 5.85. The van der Waals surface area contributed by atoms with Gasteiger partial charge in [0.15, 0.2) is 0 Å². The van der Waals surface area contributed by atoms with Gasteiger partial charge in [-0.2, -0.15) is 10.4 Å². The lowest BCUT2D eigenvalue weighted by Gasteiger charge is -2.06. The third-order valence-electron chi connectivity index (χ3n) is 3.60. The highest BCUT2D eigenvalue weighted by Crippen LogP contribution is 2.24. The van der Waals surface area contributed by atoms with E-state index in [-0.39, 0.29) is 5.57 Å². The number of benzene rings is 1. The van der Waals surface area contributed by atoms with Crippen molar-refractivity contribution < 1.29 is 4.79 Å². The van der Waals surface area contributed by atoms with Crippen LogP contribution in [-0.4, -0.2) is 20.7 Å². The fourth-order valence-corrected chi connectivity index (χ4v) is 2.59. The number of carbonyl (C=O) groups is 1. The van der Waals surface area contributed by atoms with E-state index >= 15 is 0 Å². The van der Waals surface area contributed by atoms with Crippen molar-refractivity contribution in [1.82, 2.24) is 14.8 Å². The molecule has 0 radical (unpaired) electrons. The van der Waals surface area contributed by atoms with Gasteiger partial charge in [0.2, 0.25) is 0 Å². The van der Waals surface area contributed by atoms with Crippen LogP contribution in [0.5, 0.6) is 0 Å². The number of nitriles is 1. The second kappa shape index (κ2) is 7.64. The van der Waals surface area contributed by atoms with Gasteiger partial charge in [0, 0.05) is 36.8 Å². The van der Waals surface area contributed by atoms with E-state index in [0.29, 0.717) is 22.0 Å². The molecule has 1 aromatic carbocycles. The van der Waals surface area contributed by atoms with Gasteiger partial charge in [-0.15, -0.1) is 0 Å². The fraction of sp³-hybridized carbons (Fsp3) is 0.0526. The van der Waals surface area contributed by atoms with E-state index in [1.54, 1.807) is 54.6 Å². The predicted octanol–water partition coefficient (Wildman–Crippen LogP) is 3.68. The molecule has 0 saturated heterocycles. The number of pyridine rings is 1. The Balaban J connectivity index is 1.94. The lowest BCUT2D eigenvalue weighted by Crippen LogP contribution is -2.13. The second-order valence-electron chi connectivity index (χ2n) is 5.45. The van der Waals surface area contributed by atoms with Crippen molar-refractivity contribution in [3.8, 4) is 17.3 Å². The highest BCUT2D eigenvalue weighted by atomic mass is 35.5. The van der Waals surface area contributed by atoms with Crippen LogP contribution in [0, 0.1) is 11.3 Å². The quantitative estimate of drug-likeness (QED) is 0.566. The molecule has 128 valence electrons. The number of rotatable bonds is 4. The molecule has 1 amide bonds. The highest BCUT2D eigenvalue weighted by molar-refractivity contribution is 6.34. The van der Waals surface area contributed by atoms with Gasteiger partial charge in [-0.1, -0.05) is 23.7 Å². The average molecular weight is 364 g/mol. The molecule has 0 spiro atoms. The molecule has 2 aromatic heterocycles. The Hall–Kier alpha value is -3.43. The van der Waals surface area contributed by atoms with Crippen LogP contribution < -0.4 is 5.32 Å². The maximum absolute atomic E-state index is 12.5. The van der Waals surface area contributed by atoms with Crippen molar-refractivity contribution in [3.63, 3.8) is 0 Å². The normalized spacial score (nSPS) is 11.0. The van der Waals surface area contributed by atoms with Crippen molar-refractivity contribution in [2.75, 3.05) is 5.32 Å². The first-order valence-electron chi connectivity index (χ1n) is 7.70. The molecule has 26 heavy (non-hydrogen) atoms. The van der Waals surface area contributed by atoms with Crippen LogP contribution in [-0.2, 0) is 11.8 Å². The van der Waals surface area contributed by atoms with Crippen LogP contribution >= 0.6 is 11.6 Å². The van der Waals surface area contributed by atoms with Crippen LogP contribution in [0.3, 0.4) is 0 Å². The molecular weight excluding hydrogens is 350 g/mol. The first-order chi connectivity index (χ1) is 12.6. The van der Waals surface area contributed by atoms with Crippen LogP contribution in [0.4, 0.5) is 5.69 Å². The number of nitrogens with zero attached hydrogens (tertiary/aromatic N) is 4. The SMILES string of the molecule is Cn1cc(C=C(C#N)C(=O)Nc2ccccc2Cl)c(-c2ccncc2)n1. The van der Waals surface area contributed by atoms with E-state index in [1.165, 1.54) is 6.08 Å². The fourth-order valence-electron chi connectivity index (χ4n) is 2.40. The summed E-state index contributed by atoms with van der Waals surface area (Å²) >= 11 is 6.05. The molecule has 7 heteroatoms. The summed E-state index contributed by atoms with van der Waals surface area (Å²) in [6.07, 6.45) is 6.57. The number of halogens is 1. The molecule has 0 aliphatic rings. The summed E-state index contributed by atoms with van der Waals surface area (Å²) in [6, 6.07) is 12.4. The number of hydrogen-bond donors (Lipinski definition) is 1. The Bertz CT molecular complexity index is 1020. The summed E-state index contributed by atoms with van der Waals surface area (Å²) in [6.45, 7) is 0. The first kappa shape index (κ1) is 17.4. The molecule has 0 atom stereocenters. The van der Waals surface area contributed by atoms with Crippen molar-refractivity contribution in [2.24, 2.45) is 7.05 Å². The zero-order chi connectivity index (χ0) is 18.5. The lowest BCUT2D eigenvalue weighted by atomic mass is 10.1. The van der Waals surface area contributed by atoms with E-state index in [4.69, 9.17) is 11.6 Å². The maximum atomic E-state index is 12.5. The van der Waals surface area contributed by atoms with Gasteiger partial charge < -0.3 is 5.32 Å². The minimum atomic E-state index is -0.537. The zero-order valence-corrected chi connectivity index (χ0v) is 14.6. The Morgan fingerprint density at radius 2 is 2.00 bits per heavy atom. The molecule has 3 rings (SSSR count). The molecule has 0 unspecified atom stereocenters. The number of aromatic nitrogens is 3. The van der Waals surface area contributed by atoms with E-state index in [1.807, 2.05) is 18.2 Å². The number of carbonyl (C=O) groups excluding carboxylic acids is 1. The van der Waals surface area contributed by atoms with Crippen molar-refractivity contribution in [3.05, 3.63) is 71.1 Å². The Labute approximate surface area is 155 Å². The van der Waals surface area contributed by atoms with Gasteiger partial charge in [0.05, 0.1) is 16.4 Å².